The second kappa shape index (κ2) is 4.92. The largest absolute Gasteiger partial charge is 0.487 e. The number of carbonyl (C=O) groups is 1. The number of thiazole rings is 1. The smallest absolute Gasteiger partial charge is 0.339 e. The summed E-state index contributed by atoms with van der Waals surface area (Å²) in [5.74, 6) is -1.68. The van der Waals surface area contributed by atoms with Crippen molar-refractivity contribution in [1.82, 2.24) is 4.98 Å². The van der Waals surface area contributed by atoms with Crippen LogP contribution in [-0.4, -0.2) is 16.1 Å². The number of carboxylic acids is 1. The highest BCUT2D eigenvalue weighted by Gasteiger charge is 2.12. The molecule has 17 heavy (non-hydrogen) atoms. The zero-order valence-corrected chi connectivity index (χ0v) is 9.41. The minimum Gasteiger partial charge on any atom is -0.487 e. The number of rotatable bonds is 4. The van der Waals surface area contributed by atoms with Crippen molar-refractivity contribution < 1.29 is 19.0 Å². The normalized spacial score (nSPS) is 10.2. The second-order valence-electron chi connectivity index (χ2n) is 3.20. The molecule has 0 aliphatic heterocycles. The Morgan fingerprint density at radius 2 is 2.35 bits per heavy atom. The van der Waals surface area contributed by atoms with Gasteiger partial charge < -0.3 is 9.84 Å². The first-order valence-electron chi connectivity index (χ1n) is 4.70. The molecule has 0 saturated heterocycles. The second-order valence-corrected chi connectivity index (χ2v) is 4.17. The van der Waals surface area contributed by atoms with Crippen molar-refractivity contribution in [2.24, 2.45) is 0 Å². The van der Waals surface area contributed by atoms with Crippen molar-refractivity contribution in [2.45, 2.75) is 6.61 Å². The number of halogens is 1. The molecule has 0 aliphatic carbocycles. The number of aromatic nitrogens is 1. The summed E-state index contributed by atoms with van der Waals surface area (Å²) in [5.41, 5.74) is 1.47. The van der Waals surface area contributed by atoms with Gasteiger partial charge in [0.2, 0.25) is 0 Å². The molecule has 0 amide bonds. The van der Waals surface area contributed by atoms with Crippen LogP contribution in [0.3, 0.4) is 0 Å². The van der Waals surface area contributed by atoms with Crippen molar-refractivity contribution in [1.29, 1.82) is 0 Å². The lowest BCUT2D eigenvalue weighted by Crippen LogP contribution is -2.03. The van der Waals surface area contributed by atoms with E-state index in [2.05, 4.69) is 4.98 Å². The lowest BCUT2D eigenvalue weighted by Gasteiger charge is -2.07. The molecule has 0 bridgehead atoms. The van der Waals surface area contributed by atoms with Crippen molar-refractivity contribution >= 4 is 17.3 Å². The molecule has 1 heterocycles. The molecule has 88 valence electrons. The molecule has 2 aromatic rings. The van der Waals surface area contributed by atoms with E-state index in [1.807, 2.05) is 0 Å². The Bertz CT molecular complexity index is 528. The fourth-order valence-electron chi connectivity index (χ4n) is 1.26. The molecule has 0 spiro atoms. The monoisotopic (exact) mass is 253 g/mol. The lowest BCUT2D eigenvalue weighted by atomic mass is 10.2. The van der Waals surface area contributed by atoms with Gasteiger partial charge in [0.15, 0.2) is 0 Å². The Hall–Kier alpha value is -1.95. The number of hydrogen-bond donors (Lipinski definition) is 1. The third kappa shape index (κ3) is 2.79. The van der Waals surface area contributed by atoms with Gasteiger partial charge in [-0.25, -0.2) is 9.18 Å². The number of hydrogen-bond acceptors (Lipinski definition) is 4. The van der Waals surface area contributed by atoms with Crippen LogP contribution in [0.1, 0.15) is 15.2 Å². The summed E-state index contributed by atoms with van der Waals surface area (Å²) in [6, 6.07) is 3.40. The Labute approximate surface area is 100 Å². The van der Waals surface area contributed by atoms with Crippen molar-refractivity contribution in [3.8, 4) is 5.75 Å². The highest BCUT2D eigenvalue weighted by molar-refractivity contribution is 7.09. The third-order valence-corrected chi connectivity index (χ3v) is 2.78. The van der Waals surface area contributed by atoms with Crippen LogP contribution in [-0.2, 0) is 6.61 Å². The van der Waals surface area contributed by atoms with Crippen LogP contribution < -0.4 is 4.74 Å². The molecule has 4 nitrogen and oxygen atoms in total. The minimum absolute atomic E-state index is 0.146. The molecule has 0 atom stereocenters. The standard InChI is InChI=1S/C11H8FNO3S/c12-7-1-2-10(9(3-7)11(14)15)16-5-8-4-13-6-17-8/h1-4,6H,5H2,(H,14,15). The van der Waals surface area contributed by atoms with E-state index in [0.29, 0.717) is 0 Å². The number of aromatic carboxylic acids is 1. The lowest BCUT2D eigenvalue weighted by molar-refractivity contribution is 0.0691. The third-order valence-electron chi connectivity index (χ3n) is 2.03. The van der Waals surface area contributed by atoms with Gasteiger partial charge in [0, 0.05) is 6.20 Å². The topological polar surface area (TPSA) is 59.4 Å². The summed E-state index contributed by atoms with van der Waals surface area (Å²) in [6.45, 7) is 0.219. The summed E-state index contributed by atoms with van der Waals surface area (Å²) in [4.78, 5) is 15.6. The molecule has 0 saturated carbocycles. The van der Waals surface area contributed by atoms with Gasteiger partial charge >= 0.3 is 5.97 Å². The maximum Gasteiger partial charge on any atom is 0.339 e. The van der Waals surface area contributed by atoms with E-state index in [0.717, 1.165) is 17.0 Å². The molecule has 0 unspecified atom stereocenters. The number of ether oxygens (including phenoxy) is 1. The van der Waals surface area contributed by atoms with Gasteiger partial charge in [-0.05, 0) is 18.2 Å². The van der Waals surface area contributed by atoms with Crippen LogP contribution in [0, 0.1) is 5.82 Å². The van der Waals surface area contributed by atoms with E-state index in [-0.39, 0.29) is 17.9 Å². The van der Waals surface area contributed by atoms with Gasteiger partial charge in [-0.2, -0.15) is 0 Å². The molecule has 0 radical (unpaired) electrons. The number of benzene rings is 1. The van der Waals surface area contributed by atoms with Crippen LogP contribution in [0.25, 0.3) is 0 Å². The van der Waals surface area contributed by atoms with Crippen LogP contribution in [0.5, 0.6) is 5.75 Å². The average molecular weight is 253 g/mol. The molecule has 6 heteroatoms. The van der Waals surface area contributed by atoms with E-state index in [1.54, 1.807) is 11.7 Å². The van der Waals surface area contributed by atoms with E-state index in [4.69, 9.17) is 9.84 Å². The van der Waals surface area contributed by atoms with E-state index in [1.165, 1.54) is 17.4 Å². The van der Waals surface area contributed by atoms with Gasteiger partial charge in [0.05, 0.1) is 10.4 Å². The SMILES string of the molecule is O=C(O)c1cc(F)ccc1OCc1cncs1. The maximum atomic E-state index is 12.9. The molecular formula is C11H8FNO3S. The summed E-state index contributed by atoms with van der Waals surface area (Å²) in [6.07, 6.45) is 1.63. The van der Waals surface area contributed by atoms with Gasteiger partial charge in [-0.3, -0.25) is 4.98 Å². The minimum atomic E-state index is -1.22. The Balaban J connectivity index is 2.17. The maximum absolute atomic E-state index is 12.9. The highest BCUT2D eigenvalue weighted by Crippen LogP contribution is 2.21. The van der Waals surface area contributed by atoms with Crippen molar-refractivity contribution in [3.63, 3.8) is 0 Å². The average Bonchev–Trinajstić information content (AvgIpc) is 2.80. The zero-order chi connectivity index (χ0) is 12.3. The van der Waals surface area contributed by atoms with Crippen LogP contribution in [0.2, 0.25) is 0 Å². The summed E-state index contributed by atoms with van der Waals surface area (Å²) in [7, 11) is 0. The summed E-state index contributed by atoms with van der Waals surface area (Å²) in [5, 5.41) is 8.89. The summed E-state index contributed by atoms with van der Waals surface area (Å²) < 4.78 is 18.2. The zero-order valence-electron chi connectivity index (χ0n) is 8.59. The van der Waals surface area contributed by atoms with Gasteiger partial charge in [-0.15, -0.1) is 11.3 Å². The Morgan fingerprint density at radius 1 is 1.53 bits per heavy atom. The van der Waals surface area contributed by atoms with E-state index < -0.39 is 11.8 Å². The fourth-order valence-corrected chi connectivity index (χ4v) is 1.76. The quantitative estimate of drug-likeness (QED) is 0.909. The first kappa shape index (κ1) is 11.5. The predicted octanol–water partition coefficient (Wildman–Crippen LogP) is 2.56. The van der Waals surface area contributed by atoms with Crippen LogP contribution in [0.4, 0.5) is 4.39 Å². The van der Waals surface area contributed by atoms with Gasteiger partial charge in [0.25, 0.3) is 0 Å². The van der Waals surface area contributed by atoms with Crippen LogP contribution in [0.15, 0.2) is 29.9 Å². The Kier molecular flexibility index (Phi) is 3.34. The molecule has 1 aromatic carbocycles. The molecule has 0 aliphatic rings. The first-order valence-corrected chi connectivity index (χ1v) is 5.58. The molecular weight excluding hydrogens is 245 g/mol. The molecule has 2 rings (SSSR count). The number of nitrogens with zero attached hydrogens (tertiary/aromatic N) is 1. The molecule has 0 fully saturated rings. The number of carboxylic acid groups (broad SMARTS) is 1. The van der Waals surface area contributed by atoms with Crippen LogP contribution >= 0.6 is 11.3 Å². The van der Waals surface area contributed by atoms with E-state index in [9.17, 15) is 9.18 Å². The van der Waals surface area contributed by atoms with Crippen molar-refractivity contribution in [3.05, 3.63) is 46.2 Å². The van der Waals surface area contributed by atoms with Gasteiger partial charge in [-0.1, -0.05) is 0 Å². The van der Waals surface area contributed by atoms with Gasteiger partial charge in [0.1, 0.15) is 23.7 Å². The molecule has 1 N–H and O–H groups in total. The van der Waals surface area contributed by atoms with Crippen molar-refractivity contribution in [2.75, 3.05) is 0 Å². The Morgan fingerprint density at radius 3 is 3.00 bits per heavy atom. The predicted molar refractivity (Wildman–Crippen MR) is 59.8 cm³/mol. The summed E-state index contributed by atoms with van der Waals surface area (Å²) >= 11 is 1.40. The highest BCUT2D eigenvalue weighted by atomic mass is 32.1. The first-order chi connectivity index (χ1) is 8.16. The van der Waals surface area contributed by atoms with E-state index >= 15 is 0 Å². The molecule has 1 aromatic heterocycles. The fraction of sp³-hybridized carbons (Fsp3) is 0.0909.